The van der Waals surface area contributed by atoms with E-state index in [1.165, 1.54) is 0 Å². The van der Waals surface area contributed by atoms with E-state index in [1.54, 1.807) is 31.2 Å². The van der Waals surface area contributed by atoms with Gasteiger partial charge in [0, 0.05) is 24.5 Å². The first-order valence-electron chi connectivity index (χ1n) is 12.0. The van der Waals surface area contributed by atoms with Gasteiger partial charge in [0.05, 0.1) is 18.5 Å². The molecular formula is C21H31N11O7S. The number of nitrogens with one attached hydrogen (secondary N) is 5. The van der Waals surface area contributed by atoms with Gasteiger partial charge in [0.1, 0.15) is 5.82 Å². The third kappa shape index (κ3) is 10.6. The number of rotatable bonds is 16. The van der Waals surface area contributed by atoms with Gasteiger partial charge in [-0.05, 0) is 37.7 Å². The van der Waals surface area contributed by atoms with E-state index in [2.05, 4.69) is 56.5 Å². The summed E-state index contributed by atoms with van der Waals surface area (Å²) in [5.74, 6) is 0.141. The number of ether oxygens (including phenoxy) is 1. The zero-order chi connectivity index (χ0) is 29.1. The van der Waals surface area contributed by atoms with Crippen molar-refractivity contribution in [1.29, 1.82) is 0 Å². The molecule has 0 saturated heterocycles. The number of hydrogen-bond donors (Lipinski definition) is 9. The Morgan fingerprint density at radius 1 is 0.875 bits per heavy atom. The lowest BCUT2D eigenvalue weighted by molar-refractivity contribution is -0.0485. The molecule has 0 radical (unpaired) electrons. The Balaban J connectivity index is 1.71. The minimum Gasteiger partial charge on any atom is -0.419 e. The molecule has 0 saturated carbocycles. The fourth-order valence-corrected chi connectivity index (χ4v) is 3.29. The summed E-state index contributed by atoms with van der Waals surface area (Å²) in [7, 11) is -4.19. The van der Waals surface area contributed by atoms with Crippen molar-refractivity contribution in [2.45, 2.75) is 26.4 Å². The molecule has 0 amide bonds. The molecule has 218 valence electrons. The van der Waals surface area contributed by atoms with Crippen LogP contribution in [0.3, 0.4) is 0 Å². The second-order valence-electron chi connectivity index (χ2n) is 8.08. The zero-order valence-corrected chi connectivity index (χ0v) is 22.4. The Bertz CT molecular complexity index is 1350. The van der Waals surface area contributed by atoms with Crippen molar-refractivity contribution < 1.29 is 33.0 Å². The fourth-order valence-electron chi connectivity index (χ4n) is 2.93. The van der Waals surface area contributed by atoms with Crippen LogP contribution in [-0.4, -0.2) is 103 Å². The fraction of sp³-hybridized carbons (Fsp3) is 0.429. The monoisotopic (exact) mass is 581 g/mol. The third-order valence-electron chi connectivity index (χ3n) is 4.70. The Labute approximate surface area is 229 Å². The Morgan fingerprint density at radius 3 is 2.02 bits per heavy atom. The summed E-state index contributed by atoms with van der Waals surface area (Å²) in [6, 6.07) is 6.80. The minimum absolute atomic E-state index is 0.00269. The predicted octanol–water partition coefficient (Wildman–Crippen LogP) is -0.819. The number of nitrogens with zero attached hydrogens (tertiary/aromatic N) is 6. The van der Waals surface area contributed by atoms with Crippen LogP contribution in [0, 0.1) is 6.92 Å². The van der Waals surface area contributed by atoms with E-state index in [1.807, 2.05) is 6.92 Å². The lowest BCUT2D eigenvalue weighted by Crippen LogP contribution is -2.34. The Hall–Kier alpha value is -4.01. The van der Waals surface area contributed by atoms with Gasteiger partial charge in [-0.1, -0.05) is 6.92 Å². The van der Waals surface area contributed by atoms with Crippen molar-refractivity contribution in [3.05, 3.63) is 30.1 Å². The molecule has 2 aromatic heterocycles. The summed E-state index contributed by atoms with van der Waals surface area (Å²) in [5.41, 5.74) is 1.20. The summed E-state index contributed by atoms with van der Waals surface area (Å²) < 4.78 is 36.2. The van der Waals surface area contributed by atoms with Crippen LogP contribution in [0.15, 0.2) is 24.3 Å². The standard InChI is InChI=1S/C21H31N11O7S/c1-3-22-21(35)39-20-26-12(2)25-18(32-20)27-13-4-6-14(7-5-13)28-19-30-16(23-8-9-40(36,37)38)29-17(31-19)24-10-15(34)11-33/h4-7,15,21-22,33-35H,3,8-11H2,1-2H3,(H,36,37,38)(H,25,26,27,32)(H3,23,24,28,29,30,31). The highest BCUT2D eigenvalue weighted by molar-refractivity contribution is 7.85. The highest BCUT2D eigenvalue weighted by Crippen LogP contribution is 2.21. The molecule has 18 nitrogen and oxygen atoms in total. The molecule has 0 fully saturated rings. The van der Waals surface area contributed by atoms with Gasteiger partial charge >= 0.3 is 6.01 Å². The van der Waals surface area contributed by atoms with Gasteiger partial charge in [-0.25, -0.2) is 0 Å². The smallest absolute Gasteiger partial charge is 0.324 e. The number of hydrogen-bond acceptors (Lipinski definition) is 17. The average Bonchev–Trinajstić information content (AvgIpc) is 2.87. The van der Waals surface area contributed by atoms with Crippen LogP contribution in [0.2, 0.25) is 0 Å². The summed E-state index contributed by atoms with van der Waals surface area (Å²) in [6.45, 7) is 3.25. The molecule has 0 aliphatic rings. The van der Waals surface area contributed by atoms with E-state index in [9.17, 15) is 18.6 Å². The number of aryl methyl sites for hydroxylation is 1. The van der Waals surface area contributed by atoms with E-state index < -0.39 is 35.0 Å². The second-order valence-corrected chi connectivity index (χ2v) is 9.65. The van der Waals surface area contributed by atoms with Gasteiger partial charge in [-0.2, -0.15) is 38.3 Å². The van der Waals surface area contributed by atoms with Crippen molar-refractivity contribution in [3.63, 3.8) is 0 Å². The van der Waals surface area contributed by atoms with E-state index in [4.69, 9.17) is 14.4 Å². The van der Waals surface area contributed by atoms with Crippen molar-refractivity contribution in [1.82, 2.24) is 35.2 Å². The predicted molar refractivity (Wildman–Crippen MR) is 144 cm³/mol. The summed E-state index contributed by atoms with van der Waals surface area (Å²) in [4.78, 5) is 24.9. The maximum absolute atomic E-state index is 11.0. The van der Waals surface area contributed by atoms with Crippen LogP contribution in [0.25, 0.3) is 0 Å². The minimum atomic E-state index is -4.19. The lowest BCUT2D eigenvalue weighted by atomic mass is 10.3. The van der Waals surface area contributed by atoms with Gasteiger partial charge in [-0.3, -0.25) is 9.87 Å². The highest BCUT2D eigenvalue weighted by atomic mass is 32.2. The van der Waals surface area contributed by atoms with Crippen LogP contribution < -0.4 is 31.3 Å². The van der Waals surface area contributed by atoms with Gasteiger partial charge in [0.15, 0.2) is 0 Å². The SMILES string of the molecule is CCNC(O)Oc1nc(C)nc(Nc2ccc(Nc3nc(NCCS(=O)(=O)O)nc(NCC(O)CO)n3)cc2)n1. The average molecular weight is 582 g/mol. The second kappa shape index (κ2) is 14.4. The van der Waals surface area contributed by atoms with Crippen molar-refractivity contribution >= 4 is 45.3 Å². The molecule has 0 spiro atoms. The molecule has 2 heterocycles. The summed E-state index contributed by atoms with van der Waals surface area (Å²) >= 11 is 0. The molecule has 0 bridgehead atoms. The van der Waals surface area contributed by atoms with Gasteiger partial charge < -0.3 is 41.3 Å². The van der Waals surface area contributed by atoms with Crippen molar-refractivity contribution in [3.8, 4) is 6.01 Å². The molecule has 19 heteroatoms. The van der Waals surface area contributed by atoms with Crippen molar-refractivity contribution in [2.24, 2.45) is 0 Å². The number of aliphatic hydroxyl groups excluding tert-OH is 3. The van der Waals surface area contributed by atoms with Crippen LogP contribution in [-0.2, 0) is 10.1 Å². The van der Waals surface area contributed by atoms with Crippen LogP contribution >= 0.6 is 0 Å². The third-order valence-corrected chi connectivity index (χ3v) is 5.42. The zero-order valence-electron chi connectivity index (χ0n) is 21.6. The molecule has 0 aliphatic carbocycles. The lowest BCUT2D eigenvalue weighted by Gasteiger charge is -2.14. The number of benzene rings is 1. The van der Waals surface area contributed by atoms with Crippen LogP contribution in [0.1, 0.15) is 12.7 Å². The molecular weight excluding hydrogens is 550 g/mol. The maximum atomic E-state index is 11.0. The number of aliphatic hydroxyl groups is 3. The van der Waals surface area contributed by atoms with Gasteiger partial charge in [0.25, 0.3) is 16.5 Å². The molecule has 2 atom stereocenters. The number of anilines is 6. The first-order chi connectivity index (χ1) is 19.0. The molecule has 3 aromatic rings. The van der Waals surface area contributed by atoms with E-state index in [-0.39, 0.29) is 42.9 Å². The van der Waals surface area contributed by atoms with Gasteiger partial charge in [-0.15, -0.1) is 0 Å². The topological polar surface area (TPSA) is 262 Å². The largest absolute Gasteiger partial charge is 0.419 e. The Morgan fingerprint density at radius 2 is 1.45 bits per heavy atom. The molecule has 40 heavy (non-hydrogen) atoms. The quantitative estimate of drug-likeness (QED) is 0.0738. The molecule has 0 aliphatic heterocycles. The molecule has 1 aromatic carbocycles. The maximum Gasteiger partial charge on any atom is 0.324 e. The van der Waals surface area contributed by atoms with E-state index >= 15 is 0 Å². The molecule has 2 unspecified atom stereocenters. The number of aromatic nitrogens is 6. The first-order valence-corrected chi connectivity index (χ1v) is 13.6. The van der Waals surface area contributed by atoms with Crippen LogP contribution in [0.4, 0.5) is 35.2 Å². The Kier molecular flexibility index (Phi) is 11.0. The first kappa shape index (κ1) is 30.5. The van der Waals surface area contributed by atoms with E-state index in [0.717, 1.165) is 0 Å². The van der Waals surface area contributed by atoms with Crippen molar-refractivity contribution in [2.75, 3.05) is 53.3 Å². The highest BCUT2D eigenvalue weighted by Gasteiger charge is 2.12. The molecule has 3 rings (SSSR count). The van der Waals surface area contributed by atoms with E-state index in [0.29, 0.717) is 23.7 Å². The normalized spacial score (nSPS) is 12.8. The van der Waals surface area contributed by atoms with Gasteiger partial charge in [0.2, 0.25) is 23.8 Å². The molecule has 9 N–H and O–H groups in total. The summed E-state index contributed by atoms with van der Waals surface area (Å²) in [6.07, 6.45) is -2.33. The van der Waals surface area contributed by atoms with Crippen LogP contribution in [0.5, 0.6) is 6.01 Å². The summed E-state index contributed by atoms with van der Waals surface area (Å²) in [5, 5.41) is 42.5.